The topological polar surface area (TPSA) is 63.8 Å². The molecule has 0 bridgehead atoms. The van der Waals surface area contributed by atoms with E-state index in [-0.39, 0.29) is 0 Å². The molecule has 0 aliphatic rings. The van der Waals surface area contributed by atoms with Crippen LogP contribution in [-0.4, -0.2) is 9.97 Å². The van der Waals surface area contributed by atoms with Gasteiger partial charge in [0.1, 0.15) is 0 Å². The van der Waals surface area contributed by atoms with Gasteiger partial charge >= 0.3 is 0 Å². The van der Waals surface area contributed by atoms with Crippen molar-refractivity contribution in [3.63, 3.8) is 0 Å². The van der Waals surface area contributed by atoms with Crippen LogP contribution in [0.5, 0.6) is 0 Å². The Bertz CT molecular complexity index is 513. The minimum atomic E-state index is 0.363. The molecule has 2 aromatic rings. The molecule has 1 aromatic carbocycles. The van der Waals surface area contributed by atoms with Crippen molar-refractivity contribution < 1.29 is 0 Å². The summed E-state index contributed by atoms with van der Waals surface area (Å²) >= 11 is 5.92. The molecule has 0 saturated carbocycles. The first kappa shape index (κ1) is 10.7. The van der Waals surface area contributed by atoms with Crippen molar-refractivity contribution in [1.29, 1.82) is 0 Å². The molecule has 82 valence electrons. The second-order valence-electron chi connectivity index (χ2n) is 3.37. The fourth-order valence-electron chi connectivity index (χ4n) is 1.30. The molecular formula is C11H11ClN4. The third-order valence-corrected chi connectivity index (χ3v) is 2.41. The van der Waals surface area contributed by atoms with Gasteiger partial charge in [-0.1, -0.05) is 17.7 Å². The molecule has 3 N–H and O–H groups in total. The van der Waals surface area contributed by atoms with Gasteiger partial charge in [0.2, 0.25) is 0 Å². The molecule has 0 fully saturated rings. The lowest BCUT2D eigenvalue weighted by molar-refractivity contribution is 1.20. The Kier molecular flexibility index (Phi) is 2.92. The van der Waals surface area contributed by atoms with Gasteiger partial charge in [0, 0.05) is 23.1 Å². The Morgan fingerprint density at radius 3 is 2.75 bits per heavy atom. The maximum Gasteiger partial charge on any atom is 0.173 e. The highest BCUT2D eigenvalue weighted by Crippen LogP contribution is 2.24. The largest absolute Gasteiger partial charge is 0.381 e. The van der Waals surface area contributed by atoms with E-state index in [9.17, 15) is 0 Å². The van der Waals surface area contributed by atoms with E-state index in [1.165, 1.54) is 0 Å². The number of nitrogens with one attached hydrogen (secondary N) is 1. The number of nitrogen functional groups attached to an aromatic ring is 1. The Morgan fingerprint density at radius 1 is 1.25 bits per heavy atom. The average molecular weight is 235 g/mol. The van der Waals surface area contributed by atoms with Crippen LogP contribution in [0.1, 0.15) is 5.56 Å². The quantitative estimate of drug-likeness (QED) is 0.839. The second-order valence-corrected chi connectivity index (χ2v) is 3.81. The summed E-state index contributed by atoms with van der Waals surface area (Å²) in [5, 5.41) is 3.76. The number of aromatic nitrogens is 2. The van der Waals surface area contributed by atoms with Gasteiger partial charge in [-0.05, 0) is 24.6 Å². The van der Waals surface area contributed by atoms with Gasteiger partial charge in [0.15, 0.2) is 11.6 Å². The van der Waals surface area contributed by atoms with E-state index in [0.29, 0.717) is 16.7 Å². The predicted molar refractivity (Wildman–Crippen MR) is 65.9 cm³/mol. The van der Waals surface area contributed by atoms with Gasteiger partial charge in [-0.25, -0.2) is 9.97 Å². The van der Waals surface area contributed by atoms with Crippen molar-refractivity contribution in [2.45, 2.75) is 6.92 Å². The minimum Gasteiger partial charge on any atom is -0.381 e. The Balaban J connectivity index is 2.34. The van der Waals surface area contributed by atoms with E-state index in [4.69, 9.17) is 17.3 Å². The molecular weight excluding hydrogens is 224 g/mol. The van der Waals surface area contributed by atoms with Crippen molar-refractivity contribution in [2.75, 3.05) is 11.1 Å². The van der Waals surface area contributed by atoms with Crippen molar-refractivity contribution in [2.24, 2.45) is 0 Å². The molecule has 0 aliphatic carbocycles. The van der Waals surface area contributed by atoms with E-state index >= 15 is 0 Å². The summed E-state index contributed by atoms with van der Waals surface area (Å²) in [4.78, 5) is 8.05. The van der Waals surface area contributed by atoms with Crippen LogP contribution in [0.15, 0.2) is 30.6 Å². The molecule has 0 radical (unpaired) electrons. The number of aryl methyl sites for hydroxylation is 1. The Morgan fingerprint density at radius 2 is 2.00 bits per heavy atom. The highest BCUT2D eigenvalue weighted by atomic mass is 35.5. The van der Waals surface area contributed by atoms with E-state index in [1.54, 1.807) is 12.4 Å². The summed E-state index contributed by atoms with van der Waals surface area (Å²) in [6, 6.07) is 5.59. The number of halogens is 1. The van der Waals surface area contributed by atoms with Crippen LogP contribution >= 0.6 is 11.6 Å². The lowest BCUT2D eigenvalue weighted by Gasteiger charge is -2.09. The lowest BCUT2D eigenvalue weighted by Crippen LogP contribution is -2.01. The molecule has 0 saturated heterocycles. The number of nitrogens with two attached hydrogens (primary N) is 1. The van der Waals surface area contributed by atoms with Gasteiger partial charge < -0.3 is 11.1 Å². The molecule has 5 heteroatoms. The van der Waals surface area contributed by atoms with Crippen LogP contribution in [0.25, 0.3) is 0 Å². The third kappa shape index (κ3) is 2.23. The number of hydrogen-bond donors (Lipinski definition) is 2. The van der Waals surface area contributed by atoms with E-state index in [1.807, 2.05) is 25.1 Å². The maximum absolute atomic E-state index is 5.92. The summed E-state index contributed by atoms with van der Waals surface area (Å²) in [6.07, 6.45) is 3.13. The normalized spacial score (nSPS) is 10.1. The number of anilines is 3. The predicted octanol–water partition coefficient (Wildman–Crippen LogP) is 2.76. The molecule has 16 heavy (non-hydrogen) atoms. The van der Waals surface area contributed by atoms with Crippen LogP contribution in [0.3, 0.4) is 0 Å². The minimum absolute atomic E-state index is 0.363. The monoisotopic (exact) mass is 234 g/mol. The Labute approximate surface area is 98.5 Å². The number of rotatable bonds is 2. The SMILES string of the molecule is Cc1ccc(Cl)cc1Nc1nccnc1N. The first-order valence-corrected chi connectivity index (χ1v) is 5.14. The molecule has 0 unspecified atom stereocenters. The van der Waals surface area contributed by atoms with Gasteiger partial charge in [-0.15, -0.1) is 0 Å². The molecule has 2 rings (SSSR count). The highest BCUT2D eigenvalue weighted by Gasteiger charge is 2.04. The van der Waals surface area contributed by atoms with Crippen molar-refractivity contribution >= 4 is 28.9 Å². The second kappa shape index (κ2) is 4.37. The van der Waals surface area contributed by atoms with Crippen LogP contribution in [0, 0.1) is 6.92 Å². The fourth-order valence-corrected chi connectivity index (χ4v) is 1.47. The first-order valence-electron chi connectivity index (χ1n) is 4.76. The highest BCUT2D eigenvalue weighted by molar-refractivity contribution is 6.30. The zero-order chi connectivity index (χ0) is 11.5. The summed E-state index contributed by atoms with van der Waals surface area (Å²) in [5.74, 6) is 0.898. The van der Waals surface area contributed by atoms with E-state index in [2.05, 4.69) is 15.3 Å². The first-order chi connectivity index (χ1) is 7.66. The summed E-state index contributed by atoms with van der Waals surface area (Å²) < 4.78 is 0. The van der Waals surface area contributed by atoms with Crippen LogP contribution in [-0.2, 0) is 0 Å². The molecule has 1 aromatic heterocycles. The number of hydrogen-bond acceptors (Lipinski definition) is 4. The van der Waals surface area contributed by atoms with Crippen LogP contribution in [0.4, 0.5) is 17.3 Å². The molecule has 4 nitrogen and oxygen atoms in total. The molecule has 0 atom stereocenters. The maximum atomic E-state index is 5.92. The van der Waals surface area contributed by atoms with Crippen LogP contribution < -0.4 is 11.1 Å². The smallest absolute Gasteiger partial charge is 0.173 e. The standard InChI is InChI=1S/C11H11ClN4/c1-7-2-3-8(12)6-9(7)16-11-10(13)14-4-5-15-11/h2-6H,1H3,(H2,13,14)(H,15,16). The molecule has 0 amide bonds. The number of benzene rings is 1. The Hall–Kier alpha value is -1.81. The van der Waals surface area contributed by atoms with Gasteiger partial charge in [0.05, 0.1) is 0 Å². The van der Waals surface area contributed by atoms with Gasteiger partial charge in [-0.2, -0.15) is 0 Å². The average Bonchev–Trinajstić information content (AvgIpc) is 2.27. The summed E-state index contributed by atoms with van der Waals surface area (Å²) in [5.41, 5.74) is 7.63. The molecule has 0 aliphatic heterocycles. The molecule has 0 spiro atoms. The zero-order valence-corrected chi connectivity index (χ0v) is 9.49. The van der Waals surface area contributed by atoms with Crippen molar-refractivity contribution in [1.82, 2.24) is 9.97 Å². The van der Waals surface area contributed by atoms with E-state index < -0.39 is 0 Å². The van der Waals surface area contributed by atoms with Gasteiger partial charge in [-0.3, -0.25) is 0 Å². The fraction of sp³-hybridized carbons (Fsp3) is 0.0909. The summed E-state index contributed by atoms with van der Waals surface area (Å²) in [6.45, 7) is 1.98. The van der Waals surface area contributed by atoms with E-state index in [0.717, 1.165) is 11.3 Å². The zero-order valence-electron chi connectivity index (χ0n) is 8.74. The van der Waals surface area contributed by atoms with Crippen molar-refractivity contribution in [3.05, 3.63) is 41.2 Å². The number of nitrogens with zero attached hydrogens (tertiary/aromatic N) is 2. The summed E-state index contributed by atoms with van der Waals surface area (Å²) in [7, 11) is 0. The van der Waals surface area contributed by atoms with Crippen molar-refractivity contribution in [3.8, 4) is 0 Å². The third-order valence-electron chi connectivity index (χ3n) is 2.18. The lowest BCUT2D eigenvalue weighted by atomic mass is 10.2. The van der Waals surface area contributed by atoms with Crippen LogP contribution in [0.2, 0.25) is 5.02 Å². The van der Waals surface area contributed by atoms with Gasteiger partial charge in [0.25, 0.3) is 0 Å². The molecule has 1 heterocycles.